The van der Waals surface area contributed by atoms with Gasteiger partial charge in [0.05, 0.1) is 13.2 Å². The molecule has 14 heavy (non-hydrogen) atoms. The molecular weight excluding hydrogens is 174 g/mol. The second-order valence-electron chi connectivity index (χ2n) is 4.64. The molecule has 0 aromatic heterocycles. The van der Waals surface area contributed by atoms with Crippen molar-refractivity contribution in [3.05, 3.63) is 23.3 Å². The van der Waals surface area contributed by atoms with Crippen LogP contribution < -0.4 is 5.73 Å². The molecule has 2 heteroatoms. The van der Waals surface area contributed by atoms with Crippen molar-refractivity contribution < 1.29 is 4.74 Å². The normalized spacial score (nSPS) is 33.6. The van der Waals surface area contributed by atoms with E-state index in [2.05, 4.69) is 19.1 Å². The summed E-state index contributed by atoms with van der Waals surface area (Å²) in [5, 5.41) is 0. The minimum Gasteiger partial charge on any atom is -0.377 e. The molecule has 0 fully saturated rings. The van der Waals surface area contributed by atoms with Crippen molar-refractivity contribution in [2.24, 2.45) is 5.73 Å². The van der Waals surface area contributed by atoms with Gasteiger partial charge in [-0.3, -0.25) is 0 Å². The van der Waals surface area contributed by atoms with Crippen LogP contribution in [0.2, 0.25) is 0 Å². The molecule has 0 radical (unpaired) electrons. The van der Waals surface area contributed by atoms with Gasteiger partial charge in [0.2, 0.25) is 0 Å². The highest BCUT2D eigenvalue weighted by atomic mass is 16.5. The maximum absolute atomic E-state index is 6.08. The van der Waals surface area contributed by atoms with Crippen LogP contribution in [0.3, 0.4) is 0 Å². The monoisotopic (exact) mass is 193 g/mol. The van der Waals surface area contributed by atoms with E-state index in [9.17, 15) is 0 Å². The van der Waals surface area contributed by atoms with Gasteiger partial charge < -0.3 is 10.5 Å². The number of rotatable bonds is 1. The van der Waals surface area contributed by atoms with Crippen LogP contribution in [-0.4, -0.2) is 18.8 Å². The number of nitrogens with two attached hydrogens (primary N) is 1. The molecule has 0 saturated heterocycles. The standard InChI is InChI=1S/C12H19NO/c1-12(13)6-2-10(3-7-12)11-4-8-14-9-5-11/h2,4H,3,5-9,13H2,1H3. The van der Waals surface area contributed by atoms with E-state index in [1.807, 2.05) is 0 Å². The summed E-state index contributed by atoms with van der Waals surface area (Å²) < 4.78 is 5.30. The van der Waals surface area contributed by atoms with E-state index in [0.29, 0.717) is 0 Å². The third kappa shape index (κ3) is 2.25. The van der Waals surface area contributed by atoms with Crippen LogP contribution in [-0.2, 0) is 4.74 Å². The minimum atomic E-state index is 0.0230. The first kappa shape index (κ1) is 9.94. The van der Waals surface area contributed by atoms with Crippen LogP contribution in [0, 0.1) is 0 Å². The van der Waals surface area contributed by atoms with E-state index in [-0.39, 0.29) is 5.54 Å². The number of hydrogen-bond donors (Lipinski definition) is 1. The van der Waals surface area contributed by atoms with Crippen molar-refractivity contribution >= 4 is 0 Å². The summed E-state index contributed by atoms with van der Waals surface area (Å²) in [5.41, 5.74) is 9.11. The summed E-state index contributed by atoms with van der Waals surface area (Å²) in [5.74, 6) is 0. The Bertz CT molecular complexity index is 276. The van der Waals surface area contributed by atoms with E-state index in [0.717, 1.165) is 38.9 Å². The molecule has 0 bridgehead atoms. The molecule has 1 heterocycles. The molecule has 1 aliphatic heterocycles. The molecule has 1 unspecified atom stereocenters. The first-order chi connectivity index (χ1) is 6.67. The molecule has 0 saturated carbocycles. The first-order valence-corrected chi connectivity index (χ1v) is 5.42. The lowest BCUT2D eigenvalue weighted by Crippen LogP contribution is -2.37. The molecule has 2 nitrogen and oxygen atoms in total. The Morgan fingerprint density at radius 2 is 2.07 bits per heavy atom. The quantitative estimate of drug-likeness (QED) is 0.692. The Labute approximate surface area is 85.8 Å². The van der Waals surface area contributed by atoms with E-state index in [4.69, 9.17) is 10.5 Å². The molecule has 2 aliphatic rings. The third-order valence-electron chi connectivity index (χ3n) is 3.16. The number of ether oxygens (including phenoxy) is 1. The highest BCUT2D eigenvalue weighted by Gasteiger charge is 2.23. The van der Waals surface area contributed by atoms with Gasteiger partial charge in [-0.2, -0.15) is 0 Å². The highest BCUT2D eigenvalue weighted by Crippen LogP contribution is 2.31. The zero-order chi connectivity index (χ0) is 10.0. The summed E-state index contributed by atoms with van der Waals surface area (Å²) in [4.78, 5) is 0. The highest BCUT2D eigenvalue weighted by molar-refractivity contribution is 5.34. The van der Waals surface area contributed by atoms with Gasteiger partial charge >= 0.3 is 0 Å². The number of hydrogen-bond acceptors (Lipinski definition) is 2. The molecule has 0 aromatic carbocycles. The van der Waals surface area contributed by atoms with Crippen LogP contribution in [0.5, 0.6) is 0 Å². The molecule has 0 aromatic rings. The van der Waals surface area contributed by atoms with Crippen LogP contribution in [0.4, 0.5) is 0 Å². The predicted molar refractivity (Wildman–Crippen MR) is 58.0 cm³/mol. The zero-order valence-electron chi connectivity index (χ0n) is 8.88. The topological polar surface area (TPSA) is 35.2 Å². The van der Waals surface area contributed by atoms with Gasteiger partial charge in [0, 0.05) is 5.54 Å². The van der Waals surface area contributed by atoms with Crippen molar-refractivity contribution in [2.45, 2.75) is 38.1 Å². The summed E-state index contributed by atoms with van der Waals surface area (Å²) in [6.07, 6.45) is 8.87. The summed E-state index contributed by atoms with van der Waals surface area (Å²) in [7, 11) is 0. The van der Waals surface area contributed by atoms with Gasteiger partial charge in [0.15, 0.2) is 0 Å². The van der Waals surface area contributed by atoms with Gasteiger partial charge in [-0.1, -0.05) is 12.2 Å². The Morgan fingerprint density at radius 3 is 2.64 bits per heavy atom. The van der Waals surface area contributed by atoms with Crippen molar-refractivity contribution in [1.29, 1.82) is 0 Å². The van der Waals surface area contributed by atoms with Crippen LogP contribution >= 0.6 is 0 Å². The maximum Gasteiger partial charge on any atom is 0.0653 e. The number of allylic oxidation sites excluding steroid dienone is 1. The lowest BCUT2D eigenvalue weighted by atomic mass is 9.82. The third-order valence-corrected chi connectivity index (χ3v) is 3.16. The summed E-state index contributed by atoms with van der Waals surface area (Å²) >= 11 is 0. The predicted octanol–water partition coefficient (Wildman–Crippen LogP) is 2.16. The summed E-state index contributed by atoms with van der Waals surface area (Å²) in [6.45, 7) is 3.80. The maximum atomic E-state index is 6.08. The van der Waals surface area contributed by atoms with Crippen molar-refractivity contribution in [1.82, 2.24) is 0 Å². The van der Waals surface area contributed by atoms with Crippen LogP contribution in [0.15, 0.2) is 23.3 Å². The Kier molecular flexibility index (Phi) is 2.75. The van der Waals surface area contributed by atoms with Crippen molar-refractivity contribution in [2.75, 3.05) is 13.2 Å². The first-order valence-electron chi connectivity index (χ1n) is 5.42. The Balaban J connectivity index is 2.06. The lowest BCUT2D eigenvalue weighted by Gasteiger charge is -2.30. The Hall–Kier alpha value is -0.600. The van der Waals surface area contributed by atoms with Gasteiger partial charge in [-0.25, -0.2) is 0 Å². The largest absolute Gasteiger partial charge is 0.377 e. The zero-order valence-corrected chi connectivity index (χ0v) is 8.88. The van der Waals surface area contributed by atoms with Crippen LogP contribution in [0.25, 0.3) is 0 Å². The van der Waals surface area contributed by atoms with Gasteiger partial charge in [0.1, 0.15) is 0 Å². The second-order valence-corrected chi connectivity index (χ2v) is 4.64. The fraction of sp³-hybridized carbons (Fsp3) is 0.667. The van der Waals surface area contributed by atoms with Gasteiger partial charge in [0.25, 0.3) is 0 Å². The van der Waals surface area contributed by atoms with Crippen molar-refractivity contribution in [3.63, 3.8) is 0 Å². The average molecular weight is 193 g/mol. The average Bonchev–Trinajstić information content (AvgIpc) is 2.19. The van der Waals surface area contributed by atoms with E-state index in [1.165, 1.54) is 11.1 Å². The Morgan fingerprint density at radius 1 is 1.29 bits per heavy atom. The SMILES string of the molecule is CC1(N)CC=C(C2=CCOCC2)CC1. The van der Waals surface area contributed by atoms with E-state index in [1.54, 1.807) is 0 Å². The fourth-order valence-corrected chi connectivity index (χ4v) is 2.09. The fourth-order valence-electron chi connectivity index (χ4n) is 2.09. The molecule has 0 amide bonds. The molecule has 78 valence electrons. The lowest BCUT2D eigenvalue weighted by molar-refractivity contribution is 0.155. The smallest absolute Gasteiger partial charge is 0.0653 e. The molecule has 1 atom stereocenters. The summed E-state index contributed by atoms with van der Waals surface area (Å²) in [6, 6.07) is 0. The molecule has 2 N–H and O–H groups in total. The van der Waals surface area contributed by atoms with Gasteiger partial charge in [-0.15, -0.1) is 0 Å². The van der Waals surface area contributed by atoms with Gasteiger partial charge in [-0.05, 0) is 43.8 Å². The van der Waals surface area contributed by atoms with Crippen molar-refractivity contribution in [3.8, 4) is 0 Å². The van der Waals surface area contributed by atoms with Crippen LogP contribution in [0.1, 0.15) is 32.6 Å². The molecule has 1 aliphatic carbocycles. The molecule has 2 rings (SSSR count). The van der Waals surface area contributed by atoms with E-state index < -0.39 is 0 Å². The molecular formula is C12H19NO. The van der Waals surface area contributed by atoms with E-state index >= 15 is 0 Å². The minimum absolute atomic E-state index is 0.0230. The molecule has 0 spiro atoms. The second kappa shape index (κ2) is 3.87.